The highest BCUT2D eigenvalue weighted by Gasteiger charge is 2.00. The van der Waals surface area contributed by atoms with Gasteiger partial charge in [-0.1, -0.05) is 0 Å². The van der Waals surface area contributed by atoms with E-state index in [9.17, 15) is 0 Å². The molecule has 0 radical (unpaired) electrons. The third-order valence-corrected chi connectivity index (χ3v) is 0.985. The predicted octanol–water partition coefficient (Wildman–Crippen LogP) is 0.566. The maximum atomic E-state index is 8.53. The van der Waals surface area contributed by atoms with Crippen molar-refractivity contribution in [3.05, 3.63) is 11.8 Å². The lowest BCUT2D eigenvalue weighted by Gasteiger charge is -1.91. The zero-order chi connectivity index (χ0) is 7.40. The average molecular weight is 143 g/mol. The van der Waals surface area contributed by atoms with E-state index in [1.54, 1.807) is 6.07 Å². The molecule has 0 bridgehead atoms. The second kappa shape index (κ2) is 3.22. The minimum atomic E-state index is -0.139. The summed E-state index contributed by atoms with van der Waals surface area (Å²) >= 11 is 0. The van der Waals surface area contributed by atoms with Crippen LogP contribution in [-0.4, -0.2) is 16.9 Å². The summed E-state index contributed by atoms with van der Waals surface area (Å²) in [5, 5.41) is 12.0. The molecule has 1 aromatic rings. The number of ether oxygens (including phenoxy) is 1. The molecule has 56 valence electrons. The summed E-state index contributed by atoms with van der Waals surface area (Å²) < 4.78 is 9.61. The van der Waals surface area contributed by atoms with Gasteiger partial charge in [-0.15, -0.1) is 0 Å². The lowest BCUT2D eigenvalue weighted by atomic mass is 10.5. The van der Waals surface area contributed by atoms with Crippen LogP contribution in [0, 0.1) is 0 Å². The van der Waals surface area contributed by atoms with E-state index in [2.05, 4.69) is 9.68 Å². The second-order valence-corrected chi connectivity index (χ2v) is 1.72. The summed E-state index contributed by atoms with van der Waals surface area (Å²) in [5.41, 5.74) is 0. The summed E-state index contributed by atoms with van der Waals surface area (Å²) in [7, 11) is 0. The normalized spacial score (nSPS) is 9.80. The van der Waals surface area contributed by atoms with Crippen LogP contribution in [-0.2, 0) is 6.61 Å². The molecule has 4 nitrogen and oxygen atoms in total. The van der Waals surface area contributed by atoms with Crippen molar-refractivity contribution >= 4 is 0 Å². The van der Waals surface area contributed by atoms with Crippen molar-refractivity contribution in [1.29, 1.82) is 0 Å². The van der Waals surface area contributed by atoms with Gasteiger partial charge < -0.3 is 14.4 Å². The Morgan fingerprint density at radius 1 is 1.80 bits per heavy atom. The van der Waals surface area contributed by atoms with Crippen LogP contribution in [0.1, 0.15) is 12.7 Å². The largest absolute Gasteiger partial charge is 0.476 e. The van der Waals surface area contributed by atoms with Gasteiger partial charge in [0.25, 0.3) is 5.88 Å². The van der Waals surface area contributed by atoms with Gasteiger partial charge in [0.15, 0.2) is 5.76 Å². The molecule has 0 aromatic carbocycles. The quantitative estimate of drug-likeness (QED) is 0.671. The molecule has 1 N–H and O–H groups in total. The smallest absolute Gasteiger partial charge is 0.254 e. The van der Waals surface area contributed by atoms with Crippen molar-refractivity contribution in [2.24, 2.45) is 0 Å². The summed E-state index contributed by atoms with van der Waals surface area (Å²) in [4.78, 5) is 0. The van der Waals surface area contributed by atoms with Crippen molar-refractivity contribution in [1.82, 2.24) is 5.16 Å². The summed E-state index contributed by atoms with van der Waals surface area (Å²) in [6.45, 7) is 2.27. The third-order valence-electron chi connectivity index (χ3n) is 0.985. The molecule has 0 spiro atoms. The minimum Gasteiger partial charge on any atom is -0.476 e. The second-order valence-electron chi connectivity index (χ2n) is 1.72. The van der Waals surface area contributed by atoms with E-state index in [0.29, 0.717) is 18.2 Å². The van der Waals surface area contributed by atoms with Gasteiger partial charge in [-0.25, -0.2) is 0 Å². The monoisotopic (exact) mass is 143 g/mol. The van der Waals surface area contributed by atoms with Crippen molar-refractivity contribution < 1.29 is 14.4 Å². The van der Waals surface area contributed by atoms with Crippen LogP contribution in [0.25, 0.3) is 0 Å². The molecule has 0 amide bonds. The highest BCUT2D eigenvalue weighted by atomic mass is 16.5. The molecule has 1 heterocycles. The molecule has 0 atom stereocenters. The standard InChI is InChI=1S/C6H9NO3/c1-2-9-6-3-5(4-8)10-7-6/h3,8H,2,4H2,1H3. The number of aromatic nitrogens is 1. The minimum absolute atomic E-state index is 0.139. The summed E-state index contributed by atoms with van der Waals surface area (Å²) in [6.07, 6.45) is 0. The molecule has 1 aromatic heterocycles. The summed E-state index contributed by atoms with van der Waals surface area (Å²) in [6, 6.07) is 1.56. The van der Waals surface area contributed by atoms with E-state index >= 15 is 0 Å². The van der Waals surface area contributed by atoms with Gasteiger partial charge in [0.05, 0.1) is 6.61 Å². The van der Waals surface area contributed by atoms with Gasteiger partial charge in [0.2, 0.25) is 0 Å². The van der Waals surface area contributed by atoms with Crippen molar-refractivity contribution in [2.75, 3.05) is 6.61 Å². The van der Waals surface area contributed by atoms with Gasteiger partial charge >= 0.3 is 0 Å². The molecule has 1 rings (SSSR count). The number of aliphatic hydroxyl groups excluding tert-OH is 1. The Balaban J connectivity index is 2.59. The highest BCUT2D eigenvalue weighted by molar-refractivity contribution is 5.09. The molecule has 4 heteroatoms. The molecule has 0 fully saturated rings. The van der Waals surface area contributed by atoms with Gasteiger partial charge in [-0.2, -0.15) is 0 Å². The van der Waals surface area contributed by atoms with E-state index < -0.39 is 0 Å². The van der Waals surface area contributed by atoms with Crippen LogP contribution in [0.5, 0.6) is 5.88 Å². The lowest BCUT2D eigenvalue weighted by molar-refractivity contribution is 0.223. The first-order chi connectivity index (χ1) is 4.86. The average Bonchev–Trinajstić information content (AvgIpc) is 2.37. The maximum absolute atomic E-state index is 8.53. The van der Waals surface area contributed by atoms with Crippen molar-refractivity contribution in [3.63, 3.8) is 0 Å². The highest BCUT2D eigenvalue weighted by Crippen LogP contribution is 2.10. The van der Waals surface area contributed by atoms with Crippen LogP contribution in [0.3, 0.4) is 0 Å². The molecule has 0 aliphatic heterocycles. The Labute approximate surface area is 58.4 Å². The third kappa shape index (κ3) is 1.48. The Kier molecular flexibility index (Phi) is 2.28. The number of nitrogens with zero attached hydrogens (tertiary/aromatic N) is 1. The predicted molar refractivity (Wildman–Crippen MR) is 33.6 cm³/mol. The number of hydrogen-bond donors (Lipinski definition) is 1. The molecule has 0 unspecified atom stereocenters. The first kappa shape index (κ1) is 7.08. The fourth-order valence-corrected chi connectivity index (χ4v) is 0.584. The van der Waals surface area contributed by atoms with Crippen LogP contribution in [0.2, 0.25) is 0 Å². The first-order valence-electron chi connectivity index (χ1n) is 3.06. The molecule has 0 aliphatic rings. The zero-order valence-electron chi connectivity index (χ0n) is 5.70. The maximum Gasteiger partial charge on any atom is 0.254 e. The van der Waals surface area contributed by atoms with Gasteiger partial charge in [0, 0.05) is 6.07 Å². The van der Waals surface area contributed by atoms with Crippen LogP contribution in [0.15, 0.2) is 10.6 Å². The molecular formula is C6H9NO3. The van der Waals surface area contributed by atoms with Crippen LogP contribution >= 0.6 is 0 Å². The number of aliphatic hydroxyl groups is 1. The van der Waals surface area contributed by atoms with E-state index in [0.717, 1.165) is 0 Å². The molecular weight excluding hydrogens is 134 g/mol. The zero-order valence-corrected chi connectivity index (χ0v) is 5.70. The Morgan fingerprint density at radius 2 is 2.60 bits per heavy atom. The van der Waals surface area contributed by atoms with Gasteiger partial charge in [-0.3, -0.25) is 0 Å². The van der Waals surface area contributed by atoms with E-state index in [-0.39, 0.29) is 6.61 Å². The molecule has 0 saturated heterocycles. The SMILES string of the molecule is CCOc1cc(CO)on1. The Hall–Kier alpha value is -1.03. The van der Waals surface area contributed by atoms with Crippen LogP contribution in [0.4, 0.5) is 0 Å². The lowest BCUT2D eigenvalue weighted by Crippen LogP contribution is -1.89. The van der Waals surface area contributed by atoms with E-state index in [4.69, 9.17) is 9.84 Å². The van der Waals surface area contributed by atoms with Crippen LogP contribution < -0.4 is 4.74 Å². The van der Waals surface area contributed by atoms with E-state index in [1.807, 2.05) is 6.92 Å². The fraction of sp³-hybridized carbons (Fsp3) is 0.500. The summed E-state index contributed by atoms with van der Waals surface area (Å²) in [5.74, 6) is 0.843. The number of hydrogen-bond acceptors (Lipinski definition) is 4. The molecule has 0 aliphatic carbocycles. The Bertz CT molecular complexity index is 197. The topological polar surface area (TPSA) is 55.5 Å². The van der Waals surface area contributed by atoms with Gasteiger partial charge in [-0.05, 0) is 12.1 Å². The van der Waals surface area contributed by atoms with Gasteiger partial charge in [0.1, 0.15) is 6.61 Å². The Morgan fingerprint density at radius 3 is 3.10 bits per heavy atom. The first-order valence-corrected chi connectivity index (χ1v) is 3.06. The molecule has 10 heavy (non-hydrogen) atoms. The fourth-order valence-electron chi connectivity index (χ4n) is 0.584. The van der Waals surface area contributed by atoms with Crippen molar-refractivity contribution in [2.45, 2.75) is 13.5 Å². The van der Waals surface area contributed by atoms with E-state index in [1.165, 1.54) is 0 Å². The number of rotatable bonds is 3. The molecule has 0 saturated carbocycles. The van der Waals surface area contributed by atoms with Crippen molar-refractivity contribution in [3.8, 4) is 5.88 Å².